The number of likely N-dealkylation sites (tertiary alicyclic amines) is 1. The molecule has 1 aliphatic heterocycles. The van der Waals surface area contributed by atoms with Crippen LogP contribution in [0.4, 0.5) is 0 Å². The van der Waals surface area contributed by atoms with Gasteiger partial charge >= 0.3 is 5.69 Å². The average Bonchev–Trinajstić information content (AvgIpc) is 2.83. The van der Waals surface area contributed by atoms with Gasteiger partial charge in [0.05, 0.1) is 6.54 Å². The predicted molar refractivity (Wildman–Crippen MR) is 82.3 cm³/mol. The molecule has 0 aliphatic carbocycles. The first-order chi connectivity index (χ1) is 10.2. The fourth-order valence-corrected chi connectivity index (χ4v) is 3.11. The van der Waals surface area contributed by atoms with Gasteiger partial charge in [0.25, 0.3) is 0 Å². The Bertz CT molecular complexity index is 661. The fourth-order valence-electron chi connectivity index (χ4n) is 3.11. The Morgan fingerprint density at radius 2 is 2.24 bits per heavy atom. The van der Waals surface area contributed by atoms with Crippen molar-refractivity contribution in [3.05, 3.63) is 34.9 Å². The van der Waals surface area contributed by atoms with Crippen LogP contribution in [0.3, 0.4) is 0 Å². The van der Waals surface area contributed by atoms with E-state index in [9.17, 15) is 4.79 Å². The molecule has 2 aromatic rings. The van der Waals surface area contributed by atoms with Crippen LogP contribution in [0.1, 0.15) is 19.8 Å². The minimum Gasteiger partial charge on any atom is -0.327 e. The topological polar surface area (TPSA) is 68.6 Å². The van der Waals surface area contributed by atoms with Gasteiger partial charge < -0.3 is 10.6 Å². The summed E-state index contributed by atoms with van der Waals surface area (Å²) in [5.41, 5.74) is 6.78. The molecule has 0 aromatic carbocycles. The molecule has 1 saturated heterocycles. The van der Waals surface area contributed by atoms with Gasteiger partial charge in [0.15, 0.2) is 5.65 Å². The van der Waals surface area contributed by atoms with E-state index >= 15 is 0 Å². The Hall–Kier alpha value is -1.66. The van der Waals surface area contributed by atoms with Gasteiger partial charge in [0.2, 0.25) is 0 Å². The standard InChI is InChI=1S/C15H23N5O/c1-2-12-11-18(8-6-13(12)16)9-10-20-15(21)19-7-4-3-5-14(19)17-20/h3-5,7,12-13H,2,6,8-11,16H2,1H3. The normalized spacial score (nSPS) is 23.7. The molecule has 0 amide bonds. The van der Waals surface area contributed by atoms with E-state index in [-0.39, 0.29) is 5.69 Å². The summed E-state index contributed by atoms with van der Waals surface area (Å²) >= 11 is 0. The number of pyridine rings is 1. The van der Waals surface area contributed by atoms with E-state index in [2.05, 4.69) is 16.9 Å². The number of nitrogens with two attached hydrogens (primary N) is 1. The molecule has 2 N–H and O–H groups in total. The van der Waals surface area contributed by atoms with Crippen LogP contribution in [0.5, 0.6) is 0 Å². The van der Waals surface area contributed by atoms with Crippen molar-refractivity contribution in [1.82, 2.24) is 19.1 Å². The molecule has 3 rings (SSSR count). The third-order valence-electron chi connectivity index (χ3n) is 4.52. The molecule has 6 nitrogen and oxygen atoms in total. The van der Waals surface area contributed by atoms with Gasteiger partial charge in [-0.15, -0.1) is 5.10 Å². The lowest BCUT2D eigenvalue weighted by atomic mass is 9.91. The summed E-state index contributed by atoms with van der Waals surface area (Å²) in [6.07, 6.45) is 3.92. The number of nitrogens with zero attached hydrogens (tertiary/aromatic N) is 4. The first-order valence-electron chi connectivity index (χ1n) is 7.71. The molecular formula is C15H23N5O. The monoisotopic (exact) mass is 289 g/mol. The van der Waals surface area contributed by atoms with Crippen LogP contribution >= 0.6 is 0 Å². The van der Waals surface area contributed by atoms with Gasteiger partial charge in [-0.3, -0.25) is 4.40 Å². The lowest BCUT2D eigenvalue weighted by Gasteiger charge is -2.36. The summed E-state index contributed by atoms with van der Waals surface area (Å²) < 4.78 is 3.14. The molecule has 114 valence electrons. The summed E-state index contributed by atoms with van der Waals surface area (Å²) in [7, 11) is 0. The number of rotatable bonds is 4. The van der Waals surface area contributed by atoms with Crippen molar-refractivity contribution >= 4 is 5.65 Å². The lowest BCUT2D eigenvalue weighted by Crippen LogP contribution is -2.47. The van der Waals surface area contributed by atoms with Crippen molar-refractivity contribution in [2.75, 3.05) is 19.6 Å². The zero-order chi connectivity index (χ0) is 14.8. The van der Waals surface area contributed by atoms with Crippen molar-refractivity contribution in [2.24, 2.45) is 11.7 Å². The second-order valence-electron chi connectivity index (χ2n) is 5.86. The summed E-state index contributed by atoms with van der Waals surface area (Å²) in [6, 6.07) is 5.91. The fraction of sp³-hybridized carbons (Fsp3) is 0.600. The molecule has 6 heteroatoms. The van der Waals surface area contributed by atoms with E-state index in [0.29, 0.717) is 24.2 Å². The third kappa shape index (κ3) is 2.87. The highest BCUT2D eigenvalue weighted by atomic mass is 16.2. The maximum atomic E-state index is 12.2. The van der Waals surface area contributed by atoms with E-state index < -0.39 is 0 Å². The quantitative estimate of drug-likeness (QED) is 0.893. The Morgan fingerprint density at radius 1 is 1.38 bits per heavy atom. The SMILES string of the molecule is CCC1CN(CCn2nc3ccccn3c2=O)CCC1N. The van der Waals surface area contributed by atoms with E-state index in [1.165, 1.54) is 0 Å². The zero-order valence-corrected chi connectivity index (χ0v) is 12.5. The Morgan fingerprint density at radius 3 is 3.00 bits per heavy atom. The van der Waals surface area contributed by atoms with Crippen LogP contribution in [0.25, 0.3) is 5.65 Å². The molecular weight excluding hydrogens is 266 g/mol. The minimum absolute atomic E-state index is 0.0636. The van der Waals surface area contributed by atoms with Gasteiger partial charge in [-0.05, 0) is 31.0 Å². The van der Waals surface area contributed by atoms with Gasteiger partial charge in [0.1, 0.15) is 0 Å². The minimum atomic E-state index is -0.0636. The summed E-state index contributed by atoms with van der Waals surface area (Å²) in [5.74, 6) is 0.566. The van der Waals surface area contributed by atoms with Gasteiger partial charge in [0, 0.05) is 25.3 Å². The highest BCUT2D eigenvalue weighted by Gasteiger charge is 2.25. The van der Waals surface area contributed by atoms with E-state index in [0.717, 1.165) is 32.5 Å². The molecule has 1 aliphatic rings. The molecule has 2 atom stereocenters. The van der Waals surface area contributed by atoms with Crippen molar-refractivity contribution in [3.63, 3.8) is 0 Å². The number of fused-ring (bicyclic) bond motifs is 1. The molecule has 0 bridgehead atoms. The predicted octanol–water partition coefficient (Wildman–Crippen LogP) is 0.555. The smallest absolute Gasteiger partial charge is 0.327 e. The Labute approximate surface area is 124 Å². The van der Waals surface area contributed by atoms with E-state index in [4.69, 9.17) is 5.73 Å². The molecule has 2 unspecified atom stereocenters. The molecule has 21 heavy (non-hydrogen) atoms. The highest BCUT2D eigenvalue weighted by Crippen LogP contribution is 2.18. The second kappa shape index (κ2) is 5.99. The molecule has 2 aromatic heterocycles. The van der Waals surface area contributed by atoms with Crippen LogP contribution < -0.4 is 11.4 Å². The third-order valence-corrected chi connectivity index (χ3v) is 4.52. The van der Waals surface area contributed by atoms with Crippen LogP contribution in [0.15, 0.2) is 29.2 Å². The maximum absolute atomic E-state index is 12.2. The van der Waals surface area contributed by atoms with Gasteiger partial charge in [-0.1, -0.05) is 19.4 Å². The van der Waals surface area contributed by atoms with Crippen LogP contribution in [-0.2, 0) is 6.54 Å². The number of hydrogen-bond acceptors (Lipinski definition) is 4. The van der Waals surface area contributed by atoms with Crippen molar-refractivity contribution in [1.29, 1.82) is 0 Å². The zero-order valence-electron chi connectivity index (χ0n) is 12.5. The first kappa shape index (κ1) is 14.3. The van der Waals surface area contributed by atoms with E-state index in [1.54, 1.807) is 15.3 Å². The number of piperidine rings is 1. The van der Waals surface area contributed by atoms with Crippen LogP contribution in [0.2, 0.25) is 0 Å². The van der Waals surface area contributed by atoms with Gasteiger partial charge in [-0.25, -0.2) is 9.48 Å². The summed E-state index contributed by atoms with van der Waals surface area (Å²) in [4.78, 5) is 14.6. The number of hydrogen-bond donors (Lipinski definition) is 1. The number of aromatic nitrogens is 3. The molecule has 0 spiro atoms. The van der Waals surface area contributed by atoms with Crippen molar-refractivity contribution < 1.29 is 0 Å². The van der Waals surface area contributed by atoms with Crippen molar-refractivity contribution in [2.45, 2.75) is 32.4 Å². The summed E-state index contributed by atoms with van der Waals surface area (Å²) in [6.45, 7) is 5.72. The largest absolute Gasteiger partial charge is 0.350 e. The van der Waals surface area contributed by atoms with Gasteiger partial charge in [-0.2, -0.15) is 0 Å². The Kier molecular flexibility index (Phi) is 4.07. The van der Waals surface area contributed by atoms with Crippen LogP contribution in [-0.4, -0.2) is 44.8 Å². The Balaban J connectivity index is 1.67. The second-order valence-corrected chi connectivity index (χ2v) is 5.86. The summed E-state index contributed by atoms with van der Waals surface area (Å²) in [5, 5.41) is 4.37. The van der Waals surface area contributed by atoms with Crippen LogP contribution in [0, 0.1) is 5.92 Å². The lowest BCUT2D eigenvalue weighted by molar-refractivity contribution is 0.146. The first-order valence-corrected chi connectivity index (χ1v) is 7.71. The molecule has 0 radical (unpaired) electrons. The molecule has 3 heterocycles. The molecule has 0 saturated carbocycles. The maximum Gasteiger partial charge on any atom is 0.350 e. The van der Waals surface area contributed by atoms with E-state index in [1.807, 2.05) is 18.2 Å². The van der Waals surface area contributed by atoms with Crippen molar-refractivity contribution in [3.8, 4) is 0 Å². The highest BCUT2D eigenvalue weighted by molar-refractivity contribution is 5.35. The average molecular weight is 289 g/mol. The molecule has 1 fully saturated rings.